The molecule has 3 heteroatoms. The molecule has 0 aliphatic rings. The van der Waals surface area contributed by atoms with Gasteiger partial charge in [-0.25, -0.2) is 9.97 Å². The van der Waals surface area contributed by atoms with Crippen molar-refractivity contribution in [2.75, 3.05) is 13.1 Å². The number of nitrogens with zero attached hydrogens (tertiary/aromatic N) is 2. The van der Waals surface area contributed by atoms with E-state index in [2.05, 4.69) is 46.9 Å². The maximum absolute atomic E-state index is 4.70. The molecule has 0 saturated carbocycles. The van der Waals surface area contributed by atoms with E-state index in [4.69, 9.17) is 9.97 Å². The van der Waals surface area contributed by atoms with Gasteiger partial charge < -0.3 is 5.32 Å². The Labute approximate surface area is 118 Å². The average molecular weight is 263 g/mol. The summed E-state index contributed by atoms with van der Waals surface area (Å²) in [5, 5.41) is 3.40. The molecule has 1 rings (SSSR count). The van der Waals surface area contributed by atoms with Gasteiger partial charge in [0.1, 0.15) is 5.82 Å². The van der Waals surface area contributed by atoms with E-state index in [9.17, 15) is 0 Å². The average Bonchev–Trinajstić information content (AvgIpc) is 2.33. The van der Waals surface area contributed by atoms with Crippen molar-refractivity contribution in [1.82, 2.24) is 15.3 Å². The minimum Gasteiger partial charge on any atom is -0.316 e. The molecule has 0 aliphatic heterocycles. The van der Waals surface area contributed by atoms with E-state index >= 15 is 0 Å². The molecule has 0 aliphatic carbocycles. The Hall–Kier alpha value is -0.960. The van der Waals surface area contributed by atoms with E-state index in [0.717, 1.165) is 43.1 Å². The molecule has 0 aromatic carbocycles. The fraction of sp³-hybridized carbons (Fsp3) is 0.750. The Bertz CT molecular complexity index is 376. The lowest BCUT2D eigenvalue weighted by atomic mass is 9.97. The van der Waals surface area contributed by atoms with Crippen molar-refractivity contribution in [2.24, 2.45) is 5.92 Å². The highest BCUT2D eigenvalue weighted by Crippen LogP contribution is 2.21. The van der Waals surface area contributed by atoms with E-state index in [0.29, 0.717) is 11.8 Å². The third-order valence-corrected chi connectivity index (χ3v) is 3.51. The Morgan fingerprint density at radius 1 is 1.05 bits per heavy atom. The molecule has 0 fully saturated rings. The zero-order chi connectivity index (χ0) is 14.4. The number of nitrogens with one attached hydrogen (secondary N) is 1. The van der Waals surface area contributed by atoms with E-state index in [1.54, 1.807) is 0 Å². The minimum atomic E-state index is 0.471. The van der Waals surface area contributed by atoms with Crippen molar-refractivity contribution in [1.29, 1.82) is 0 Å². The lowest BCUT2D eigenvalue weighted by molar-refractivity contribution is 0.569. The van der Waals surface area contributed by atoms with Crippen LogP contribution in [0.3, 0.4) is 0 Å². The Balaban J connectivity index is 2.84. The maximum Gasteiger partial charge on any atom is 0.128 e. The molecular formula is C16H29N3. The monoisotopic (exact) mass is 263 g/mol. The quantitative estimate of drug-likeness (QED) is 0.819. The molecule has 0 spiro atoms. The highest BCUT2D eigenvalue weighted by molar-refractivity contribution is 5.28. The topological polar surface area (TPSA) is 37.8 Å². The molecule has 1 heterocycles. The Morgan fingerprint density at radius 3 is 2.11 bits per heavy atom. The summed E-state index contributed by atoms with van der Waals surface area (Å²) < 4.78 is 0. The van der Waals surface area contributed by atoms with Gasteiger partial charge in [-0.05, 0) is 44.2 Å². The van der Waals surface area contributed by atoms with E-state index in [1.165, 1.54) is 5.56 Å². The molecular weight excluding hydrogens is 234 g/mol. The summed E-state index contributed by atoms with van der Waals surface area (Å²) in [5.74, 6) is 2.18. The van der Waals surface area contributed by atoms with Crippen LogP contribution in [0.5, 0.6) is 0 Å². The Kier molecular flexibility index (Phi) is 6.43. The lowest BCUT2D eigenvalue weighted by Gasteiger charge is -2.17. The molecule has 0 radical (unpaired) electrons. The SMILES string of the molecule is CCNCC(C)c1c(C)nc(CCC(C)C)nc1C. The second kappa shape index (κ2) is 7.59. The van der Waals surface area contributed by atoms with Gasteiger partial charge in [-0.3, -0.25) is 0 Å². The van der Waals surface area contributed by atoms with Gasteiger partial charge in [0.15, 0.2) is 0 Å². The summed E-state index contributed by atoms with van der Waals surface area (Å²) in [5.41, 5.74) is 3.61. The van der Waals surface area contributed by atoms with Gasteiger partial charge in [0.25, 0.3) is 0 Å². The molecule has 3 nitrogen and oxygen atoms in total. The molecule has 0 bridgehead atoms. The molecule has 1 aromatic heterocycles. The van der Waals surface area contributed by atoms with Crippen LogP contribution in [0.1, 0.15) is 62.8 Å². The van der Waals surface area contributed by atoms with Crippen molar-refractivity contribution in [3.63, 3.8) is 0 Å². The number of rotatable bonds is 7. The second-order valence-electron chi connectivity index (χ2n) is 5.87. The van der Waals surface area contributed by atoms with Gasteiger partial charge >= 0.3 is 0 Å². The van der Waals surface area contributed by atoms with Crippen LogP contribution in [0.25, 0.3) is 0 Å². The van der Waals surface area contributed by atoms with Gasteiger partial charge in [-0.2, -0.15) is 0 Å². The third-order valence-electron chi connectivity index (χ3n) is 3.51. The normalized spacial score (nSPS) is 13.0. The van der Waals surface area contributed by atoms with Crippen molar-refractivity contribution < 1.29 is 0 Å². The number of likely N-dealkylation sites (N-methyl/N-ethyl adjacent to an activating group) is 1. The molecule has 0 amide bonds. The van der Waals surface area contributed by atoms with Crippen LogP contribution in [0.15, 0.2) is 0 Å². The second-order valence-corrected chi connectivity index (χ2v) is 5.87. The highest BCUT2D eigenvalue weighted by Gasteiger charge is 2.14. The summed E-state index contributed by atoms with van der Waals surface area (Å²) in [4.78, 5) is 9.39. The summed E-state index contributed by atoms with van der Waals surface area (Å²) in [6.07, 6.45) is 2.15. The standard InChI is InChI=1S/C16H29N3/c1-7-17-10-12(4)16-13(5)18-15(19-14(16)6)9-8-11(2)3/h11-12,17H,7-10H2,1-6H3. The number of hydrogen-bond acceptors (Lipinski definition) is 3. The zero-order valence-electron chi connectivity index (χ0n) is 13.4. The van der Waals surface area contributed by atoms with Gasteiger partial charge in [-0.15, -0.1) is 0 Å². The van der Waals surface area contributed by atoms with Crippen LogP contribution in [0.2, 0.25) is 0 Å². The van der Waals surface area contributed by atoms with Crippen molar-refractivity contribution in [3.05, 3.63) is 22.8 Å². The molecule has 1 unspecified atom stereocenters. The van der Waals surface area contributed by atoms with Gasteiger partial charge in [0.05, 0.1) is 0 Å². The van der Waals surface area contributed by atoms with Gasteiger partial charge in [0.2, 0.25) is 0 Å². The Morgan fingerprint density at radius 2 is 1.63 bits per heavy atom. The fourth-order valence-electron chi connectivity index (χ4n) is 2.50. The first-order valence-corrected chi connectivity index (χ1v) is 7.50. The van der Waals surface area contributed by atoms with Crippen LogP contribution >= 0.6 is 0 Å². The summed E-state index contributed by atoms with van der Waals surface area (Å²) in [6.45, 7) is 15.1. The minimum absolute atomic E-state index is 0.471. The van der Waals surface area contributed by atoms with Gasteiger partial charge in [0, 0.05) is 24.4 Å². The van der Waals surface area contributed by atoms with Gasteiger partial charge in [-0.1, -0.05) is 27.7 Å². The molecule has 0 saturated heterocycles. The molecule has 1 aromatic rings. The largest absolute Gasteiger partial charge is 0.316 e. The lowest BCUT2D eigenvalue weighted by Crippen LogP contribution is -2.21. The van der Waals surface area contributed by atoms with Crippen molar-refractivity contribution in [3.8, 4) is 0 Å². The summed E-state index contributed by atoms with van der Waals surface area (Å²) in [6, 6.07) is 0. The number of aromatic nitrogens is 2. The number of hydrogen-bond donors (Lipinski definition) is 1. The molecule has 1 N–H and O–H groups in total. The predicted octanol–water partition coefficient (Wildman–Crippen LogP) is 3.40. The van der Waals surface area contributed by atoms with Crippen molar-refractivity contribution >= 4 is 0 Å². The highest BCUT2D eigenvalue weighted by atomic mass is 14.9. The van der Waals surface area contributed by atoms with E-state index < -0.39 is 0 Å². The molecule has 108 valence electrons. The molecule has 1 atom stereocenters. The summed E-state index contributed by atoms with van der Waals surface area (Å²) >= 11 is 0. The zero-order valence-corrected chi connectivity index (χ0v) is 13.4. The summed E-state index contributed by atoms with van der Waals surface area (Å²) in [7, 11) is 0. The van der Waals surface area contributed by atoms with Crippen LogP contribution in [0.4, 0.5) is 0 Å². The fourth-order valence-corrected chi connectivity index (χ4v) is 2.50. The van der Waals surface area contributed by atoms with Crippen LogP contribution in [-0.4, -0.2) is 23.1 Å². The van der Waals surface area contributed by atoms with Crippen LogP contribution in [0, 0.1) is 19.8 Å². The first-order chi connectivity index (χ1) is 8.95. The third kappa shape index (κ3) is 4.90. The van der Waals surface area contributed by atoms with Crippen LogP contribution in [-0.2, 0) is 6.42 Å². The predicted molar refractivity (Wildman–Crippen MR) is 81.6 cm³/mol. The first kappa shape index (κ1) is 16.1. The van der Waals surface area contributed by atoms with Crippen molar-refractivity contribution in [2.45, 2.75) is 60.3 Å². The van der Waals surface area contributed by atoms with Crippen LogP contribution < -0.4 is 5.32 Å². The number of aryl methyl sites for hydroxylation is 3. The maximum atomic E-state index is 4.70. The van der Waals surface area contributed by atoms with E-state index in [-0.39, 0.29) is 0 Å². The smallest absolute Gasteiger partial charge is 0.128 e. The molecule has 19 heavy (non-hydrogen) atoms. The first-order valence-electron chi connectivity index (χ1n) is 7.50. The van der Waals surface area contributed by atoms with E-state index in [1.807, 2.05) is 0 Å².